The molecule has 34 heavy (non-hydrogen) atoms. The zero-order chi connectivity index (χ0) is 24.1. The third-order valence-electron chi connectivity index (χ3n) is 6.52. The Balaban J connectivity index is 1.32. The molecule has 3 aromatic rings. The molecule has 1 saturated heterocycles. The van der Waals surface area contributed by atoms with Crippen molar-refractivity contribution in [2.75, 3.05) is 29.9 Å². The van der Waals surface area contributed by atoms with Crippen molar-refractivity contribution in [3.8, 4) is 0 Å². The van der Waals surface area contributed by atoms with Crippen molar-refractivity contribution < 1.29 is 18.0 Å². The number of carbonyl (C=O) groups is 1. The van der Waals surface area contributed by atoms with E-state index in [4.69, 9.17) is 0 Å². The van der Waals surface area contributed by atoms with Gasteiger partial charge in [-0.1, -0.05) is 12.2 Å². The molecule has 2 amide bonds. The molecule has 12 heteroatoms. The van der Waals surface area contributed by atoms with Crippen LogP contribution in [0.15, 0.2) is 47.7 Å². The molecule has 5 rings (SSSR count). The lowest BCUT2D eigenvalue weighted by Crippen LogP contribution is -2.55. The van der Waals surface area contributed by atoms with Crippen LogP contribution in [0, 0.1) is 0 Å². The van der Waals surface area contributed by atoms with E-state index in [2.05, 4.69) is 25.4 Å². The molecule has 1 spiro atoms. The molecule has 0 saturated carbocycles. The van der Waals surface area contributed by atoms with Crippen molar-refractivity contribution in [2.45, 2.75) is 24.6 Å². The number of aryl methyl sites for hydroxylation is 1. The number of alkyl halides is 3. The van der Waals surface area contributed by atoms with Gasteiger partial charge in [0.2, 0.25) is 0 Å². The maximum absolute atomic E-state index is 13.2. The summed E-state index contributed by atoms with van der Waals surface area (Å²) in [5, 5.41) is 10.1. The van der Waals surface area contributed by atoms with Gasteiger partial charge in [-0.15, -0.1) is 0 Å². The standard InChI is InChI=1S/C22H22F3N7O2/c1-30-13-15(22(23,24)25)10-17(19(30)33)28-20(34)32-6-2-3-21(32)4-7-31(8-5-21)16-9-14-11-27-29-18(14)26-12-16/h2-3,9-13H,4-8H2,1H3,(H,28,34)(H,26,27,29). The summed E-state index contributed by atoms with van der Waals surface area (Å²) >= 11 is 0. The fourth-order valence-corrected chi connectivity index (χ4v) is 4.66. The number of hydrogen-bond acceptors (Lipinski definition) is 5. The van der Waals surface area contributed by atoms with Crippen LogP contribution in [0.3, 0.4) is 0 Å². The minimum absolute atomic E-state index is 0.313. The van der Waals surface area contributed by atoms with Crippen LogP contribution in [0.25, 0.3) is 11.0 Å². The normalized spacial score (nSPS) is 17.6. The molecule has 178 valence electrons. The number of halogens is 3. The summed E-state index contributed by atoms with van der Waals surface area (Å²) in [5.41, 5.74) is -1.02. The lowest BCUT2D eigenvalue weighted by molar-refractivity contribution is -0.138. The average Bonchev–Trinajstić information content (AvgIpc) is 3.43. The summed E-state index contributed by atoms with van der Waals surface area (Å²) in [7, 11) is 1.22. The number of nitrogens with one attached hydrogen (secondary N) is 2. The van der Waals surface area contributed by atoms with Crippen molar-refractivity contribution in [2.24, 2.45) is 7.05 Å². The Bertz CT molecular complexity index is 1340. The van der Waals surface area contributed by atoms with E-state index in [1.165, 1.54) is 7.05 Å². The second-order valence-electron chi connectivity index (χ2n) is 8.59. The van der Waals surface area contributed by atoms with Crippen LogP contribution in [-0.2, 0) is 13.2 Å². The van der Waals surface area contributed by atoms with Gasteiger partial charge in [-0.05, 0) is 25.0 Å². The third-order valence-corrected chi connectivity index (χ3v) is 6.52. The van der Waals surface area contributed by atoms with Crippen molar-refractivity contribution in [1.82, 2.24) is 24.6 Å². The molecule has 9 nitrogen and oxygen atoms in total. The van der Waals surface area contributed by atoms with E-state index >= 15 is 0 Å². The first kappa shape index (κ1) is 22.0. The maximum Gasteiger partial charge on any atom is 0.417 e. The van der Waals surface area contributed by atoms with Gasteiger partial charge in [-0.2, -0.15) is 18.3 Å². The molecule has 3 aromatic heterocycles. The molecule has 2 aliphatic heterocycles. The second-order valence-corrected chi connectivity index (χ2v) is 8.59. The number of carbonyl (C=O) groups excluding carboxylic acids is 1. The fourth-order valence-electron chi connectivity index (χ4n) is 4.66. The Morgan fingerprint density at radius 3 is 2.71 bits per heavy atom. The number of pyridine rings is 2. The van der Waals surface area contributed by atoms with Crippen LogP contribution in [0.2, 0.25) is 0 Å². The van der Waals surface area contributed by atoms with Gasteiger partial charge in [0.15, 0.2) is 5.65 Å². The van der Waals surface area contributed by atoms with E-state index in [9.17, 15) is 22.8 Å². The summed E-state index contributed by atoms with van der Waals surface area (Å²) in [5.74, 6) is 0. The van der Waals surface area contributed by atoms with Gasteiger partial charge in [0.25, 0.3) is 5.56 Å². The van der Waals surface area contributed by atoms with Gasteiger partial charge >= 0.3 is 12.2 Å². The molecular weight excluding hydrogens is 451 g/mol. The number of nitrogens with zero attached hydrogens (tertiary/aromatic N) is 5. The minimum atomic E-state index is -4.64. The van der Waals surface area contributed by atoms with Gasteiger partial charge < -0.3 is 19.7 Å². The smallest absolute Gasteiger partial charge is 0.370 e. The molecule has 1 fully saturated rings. The Hall–Kier alpha value is -3.83. The first-order chi connectivity index (χ1) is 16.2. The monoisotopic (exact) mass is 473 g/mol. The summed E-state index contributed by atoms with van der Waals surface area (Å²) in [6.45, 7) is 1.63. The zero-order valence-corrected chi connectivity index (χ0v) is 18.3. The molecule has 2 N–H and O–H groups in total. The second kappa shape index (κ2) is 7.89. The van der Waals surface area contributed by atoms with Gasteiger partial charge in [0.05, 0.1) is 29.2 Å². The summed E-state index contributed by atoms with van der Waals surface area (Å²) in [6, 6.07) is 2.08. The van der Waals surface area contributed by atoms with E-state index < -0.39 is 34.6 Å². The Morgan fingerprint density at radius 1 is 1.21 bits per heavy atom. The predicted octanol–water partition coefficient (Wildman–Crippen LogP) is 3.12. The quantitative estimate of drug-likeness (QED) is 0.558. The minimum Gasteiger partial charge on any atom is -0.370 e. The highest BCUT2D eigenvalue weighted by Crippen LogP contribution is 2.36. The third kappa shape index (κ3) is 3.78. The lowest BCUT2D eigenvalue weighted by atomic mass is 9.87. The molecular formula is C22H22F3N7O2. The van der Waals surface area contributed by atoms with E-state index in [0.717, 1.165) is 15.6 Å². The zero-order valence-electron chi connectivity index (χ0n) is 18.3. The average molecular weight is 473 g/mol. The Morgan fingerprint density at radius 2 is 1.97 bits per heavy atom. The van der Waals surface area contributed by atoms with Gasteiger partial charge in [0, 0.05) is 38.3 Å². The number of anilines is 2. The van der Waals surface area contributed by atoms with E-state index in [0.29, 0.717) is 50.4 Å². The van der Waals surface area contributed by atoms with E-state index in [1.54, 1.807) is 17.3 Å². The van der Waals surface area contributed by atoms with Crippen LogP contribution < -0.4 is 15.8 Å². The summed E-state index contributed by atoms with van der Waals surface area (Å²) < 4.78 is 40.4. The van der Waals surface area contributed by atoms with Gasteiger partial charge in [-0.3, -0.25) is 9.89 Å². The summed E-state index contributed by atoms with van der Waals surface area (Å²) in [4.78, 5) is 33.6. The maximum atomic E-state index is 13.2. The predicted molar refractivity (Wildman–Crippen MR) is 120 cm³/mol. The first-order valence-electron chi connectivity index (χ1n) is 10.7. The Kier molecular flexibility index (Phi) is 5.10. The number of urea groups is 1. The molecule has 2 aliphatic rings. The first-order valence-corrected chi connectivity index (χ1v) is 10.7. The van der Waals surface area contributed by atoms with Crippen LogP contribution in [0.5, 0.6) is 0 Å². The van der Waals surface area contributed by atoms with Crippen molar-refractivity contribution in [3.63, 3.8) is 0 Å². The van der Waals surface area contributed by atoms with Crippen molar-refractivity contribution in [3.05, 3.63) is 58.8 Å². The van der Waals surface area contributed by atoms with E-state index in [-0.39, 0.29) is 0 Å². The van der Waals surface area contributed by atoms with Crippen LogP contribution in [0.4, 0.5) is 29.3 Å². The molecule has 0 radical (unpaired) electrons. The van der Waals surface area contributed by atoms with Gasteiger partial charge in [-0.25, -0.2) is 9.78 Å². The summed E-state index contributed by atoms with van der Waals surface area (Å²) in [6.07, 6.45) is 4.66. The van der Waals surface area contributed by atoms with Gasteiger partial charge in [0.1, 0.15) is 5.69 Å². The number of H-pyrrole nitrogens is 1. The number of aromatic nitrogens is 4. The highest BCUT2D eigenvalue weighted by atomic mass is 19.4. The number of fused-ring (bicyclic) bond motifs is 1. The highest BCUT2D eigenvalue weighted by molar-refractivity contribution is 5.90. The Labute approximate surface area is 191 Å². The van der Waals surface area contributed by atoms with Crippen LogP contribution in [-0.4, -0.2) is 55.9 Å². The molecule has 5 heterocycles. The molecule has 0 aliphatic carbocycles. The topological polar surface area (TPSA) is 99.2 Å². The van der Waals surface area contributed by atoms with Crippen LogP contribution in [0.1, 0.15) is 18.4 Å². The number of piperidine rings is 1. The number of amides is 2. The SMILES string of the molecule is Cn1cc(C(F)(F)F)cc(NC(=O)N2CC=CC23CCN(c2cnc4[nH]ncc4c2)CC3)c1=O. The molecule has 0 bridgehead atoms. The highest BCUT2D eigenvalue weighted by Gasteiger charge is 2.43. The molecule has 0 unspecified atom stereocenters. The van der Waals surface area contributed by atoms with Crippen LogP contribution >= 0.6 is 0 Å². The fraction of sp³-hybridized carbons (Fsp3) is 0.364. The van der Waals surface area contributed by atoms with Crippen molar-refractivity contribution in [1.29, 1.82) is 0 Å². The lowest BCUT2D eigenvalue weighted by Gasteiger charge is -2.44. The van der Waals surface area contributed by atoms with Crippen molar-refractivity contribution >= 4 is 28.4 Å². The molecule has 0 atom stereocenters. The largest absolute Gasteiger partial charge is 0.417 e. The van der Waals surface area contributed by atoms with E-state index in [1.807, 2.05) is 18.2 Å². The number of hydrogen-bond donors (Lipinski definition) is 2. The number of rotatable bonds is 2. The number of aromatic amines is 1. The molecule has 0 aromatic carbocycles.